The topological polar surface area (TPSA) is 57.4 Å². The zero-order chi connectivity index (χ0) is 23.7. The molecule has 4 saturated carbocycles. The van der Waals surface area contributed by atoms with Crippen LogP contribution in [0, 0.1) is 23.2 Å². The number of carbonyl (C=O) groups is 1. The molecule has 0 radical (unpaired) electrons. The number of hydrogen-bond acceptors (Lipinski definition) is 3. The van der Waals surface area contributed by atoms with E-state index in [-0.39, 0.29) is 5.91 Å². The fraction of sp³-hybridized carbons (Fsp3) is 0.640. The van der Waals surface area contributed by atoms with Crippen molar-refractivity contribution < 1.29 is 27.1 Å². The van der Waals surface area contributed by atoms with E-state index in [2.05, 4.69) is 10.3 Å². The molecule has 1 amide bonds. The molecular weight excluding hydrogens is 450 g/mol. The van der Waals surface area contributed by atoms with Gasteiger partial charge in [0.05, 0.1) is 24.3 Å². The Kier molecular flexibility index (Phi) is 4.96. The van der Waals surface area contributed by atoms with Gasteiger partial charge in [-0.1, -0.05) is 0 Å². The molecule has 184 valence electrons. The van der Waals surface area contributed by atoms with Crippen molar-refractivity contribution in [3.8, 4) is 5.75 Å². The van der Waals surface area contributed by atoms with Gasteiger partial charge in [-0.15, -0.1) is 0 Å². The van der Waals surface area contributed by atoms with Crippen LogP contribution in [0.5, 0.6) is 5.75 Å². The third kappa shape index (κ3) is 3.95. The smallest absolute Gasteiger partial charge is 0.401 e. The van der Waals surface area contributed by atoms with E-state index in [1.54, 1.807) is 11.1 Å². The molecule has 1 aromatic heterocycles. The number of rotatable bonds is 7. The van der Waals surface area contributed by atoms with E-state index in [9.17, 15) is 22.4 Å². The first kappa shape index (κ1) is 22.2. The molecule has 1 saturated heterocycles. The van der Waals surface area contributed by atoms with E-state index in [4.69, 9.17) is 4.74 Å². The highest BCUT2D eigenvalue weighted by molar-refractivity contribution is 6.05. The highest BCUT2D eigenvalue weighted by Crippen LogP contribution is 2.69. The number of fused-ring (bicyclic) bond motifs is 2. The molecule has 1 aliphatic heterocycles. The number of alkyl halides is 4. The predicted molar refractivity (Wildman–Crippen MR) is 119 cm³/mol. The van der Waals surface area contributed by atoms with Gasteiger partial charge in [0.2, 0.25) is 5.91 Å². The Hall–Kier alpha value is -2.29. The summed E-state index contributed by atoms with van der Waals surface area (Å²) in [6.07, 6.45) is 1.43. The van der Waals surface area contributed by atoms with Crippen molar-refractivity contribution in [2.75, 3.05) is 31.6 Å². The van der Waals surface area contributed by atoms with Crippen LogP contribution in [0.1, 0.15) is 38.5 Å². The number of likely N-dealkylation sites (tertiary alicyclic amines) is 1. The highest BCUT2D eigenvalue weighted by Gasteiger charge is 2.72. The molecule has 1 aromatic carbocycles. The molecular formula is C25H29F4N3O2. The Balaban J connectivity index is 1.00. The van der Waals surface area contributed by atoms with Crippen molar-refractivity contribution >= 4 is 22.5 Å². The van der Waals surface area contributed by atoms with Crippen LogP contribution in [0.2, 0.25) is 0 Å². The molecule has 1 unspecified atom stereocenters. The summed E-state index contributed by atoms with van der Waals surface area (Å²) in [5, 5.41) is 3.82. The molecule has 7 rings (SSSR count). The number of halogens is 4. The standard InChI is InChI=1S/C25H29F4N3O2/c26-24-11-23(12-24,13-24)22(33)31-21-8-30-20-2-1-18(7-19(20)21)34-4-3-15-5-16-9-32(10-17(16)6-15)14-25(27,28)29/h1-2,7-8,15-17,30H,3-6,9-14H2,(H,31,33)/t15?,16-,17+,23?,24?. The van der Waals surface area contributed by atoms with Crippen LogP contribution in [0.15, 0.2) is 24.4 Å². The summed E-state index contributed by atoms with van der Waals surface area (Å²) in [6, 6.07) is 5.70. The van der Waals surface area contributed by atoms with Gasteiger partial charge in [0, 0.05) is 30.2 Å². The fourth-order valence-electron chi connectivity index (χ4n) is 6.94. The van der Waals surface area contributed by atoms with Crippen molar-refractivity contribution in [3.05, 3.63) is 24.4 Å². The molecule has 5 aliphatic rings. The van der Waals surface area contributed by atoms with E-state index in [1.165, 1.54) is 0 Å². The lowest BCUT2D eigenvalue weighted by Crippen LogP contribution is -2.68. The van der Waals surface area contributed by atoms with E-state index >= 15 is 0 Å². The van der Waals surface area contributed by atoms with Gasteiger partial charge < -0.3 is 15.0 Å². The van der Waals surface area contributed by atoms with Gasteiger partial charge in [-0.2, -0.15) is 13.2 Å². The molecule has 2 heterocycles. The Morgan fingerprint density at radius 3 is 2.53 bits per heavy atom. The van der Waals surface area contributed by atoms with E-state index < -0.39 is 23.8 Å². The van der Waals surface area contributed by atoms with Crippen LogP contribution in [0.4, 0.5) is 23.2 Å². The fourth-order valence-corrected chi connectivity index (χ4v) is 6.94. The van der Waals surface area contributed by atoms with Crippen LogP contribution < -0.4 is 10.1 Å². The molecule has 2 N–H and O–H groups in total. The van der Waals surface area contributed by atoms with Gasteiger partial charge in [-0.05, 0) is 74.5 Å². The van der Waals surface area contributed by atoms with Crippen molar-refractivity contribution in [1.82, 2.24) is 9.88 Å². The summed E-state index contributed by atoms with van der Waals surface area (Å²) < 4.78 is 57.7. The molecule has 2 aromatic rings. The largest absolute Gasteiger partial charge is 0.494 e. The van der Waals surface area contributed by atoms with E-state index in [0.717, 1.165) is 30.2 Å². The number of amides is 1. The number of ether oxygens (including phenoxy) is 1. The minimum atomic E-state index is -4.12. The number of nitrogens with one attached hydrogen (secondary N) is 2. The number of aromatic amines is 1. The van der Waals surface area contributed by atoms with Crippen molar-refractivity contribution in [2.45, 2.75) is 50.4 Å². The van der Waals surface area contributed by atoms with E-state index in [1.807, 2.05) is 18.2 Å². The second-order valence-electron chi connectivity index (χ2n) is 11.1. The summed E-state index contributed by atoms with van der Waals surface area (Å²) in [5.74, 6) is 1.82. The minimum Gasteiger partial charge on any atom is -0.494 e. The van der Waals surface area contributed by atoms with Gasteiger partial charge in [-0.3, -0.25) is 9.69 Å². The number of aromatic nitrogens is 1. The number of nitrogens with zero attached hydrogens (tertiary/aromatic N) is 1. The molecule has 34 heavy (non-hydrogen) atoms. The van der Waals surface area contributed by atoms with Crippen LogP contribution in [0.25, 0.3) is 10.9 Å². The van der Waals surface area contributed by atoms with Crippen LogP contribution >= 0.6 is 0 Å². The Morgan fingerprint density at radius 1 is 1.18 bits per heavy atom. The lowest BCUT2D eigenvalue weighted by atomic mass is 9.42. The van der Waals surface area contributed by atoms with Crippen molar-refractivity contribution in [2.24, 2.45) is 23.2 Å². The molecule has 2 bridgehead atoms. The minimum absolute atomic E-state index is 0.111. The lowest BCUT2D eigenvalue weighted by molar-refractivity contribution is -0.209. The van der Waals surface area contributed by atoms with Gasteiger partial charge in [0.1, 0.15) is 11.4 Å². The average molecular weight is 480 g/mol. The Labute approximate surface area is 195 Å². The van der Waals surface area contributed by atoms with Gasteiger partial charge >= 0.3 is 6.18 Å². The first-order valence-electron chi connectivity index (χ1n) is 12.1. The number of H-pyrrole nitrogens is 1. The summed E-state index contributed by atoms with van der Waals surface area (Å²) in [6.45, 7) is 0.854. The maximum atomic E-state index is 13.8. The zero-order valence-corrected chi connectivity index (χ0v) is 18.9. The summed E-state index contributed by atoms with van der Waals surface area (Å²) in [5.41, 5.74) is -0.0845. The second-order valence-corrected chi connectivity index (χ2v) is 11.1. The number of hydrogen-bond donors (Lipinski definition) is 2. The summed E-state index contributed by atoms with van der Waals surface area (Å²) >= 11 is 0. The second kappa shape index (κ2) is 7.60. The average Bonchev–Trinajstić information content (AvgIpc) is 3.37. The normalized spacial score (nSPS) is 34.5. The third-order valence-corrected chi connectivity index (χ3v) is 8.47. The lowest BCUT2D eigenvalue weighted by Gasteiger charge is -2.64. The maximum absolute atomic E-state index is 13.8. The quantitative estimate of drug-likeness (QED) is 0.531. The molecule has 4 aliphatic carbocycles. The SMILES string of the molecule is O=C(Nc1c[nH]c2ccc(OCCC3C[C@@H]4CN(CC(F)(F)F)C[C@@H]4C3)cc12)C12CC(F)(C1)C2. The van der Waals surface area contributed by atoms with E-state index in [0.29, 0.717) is 68.1 Å². The van der Waals surface area contributed by atoms with Gasteiger partial charge in [-0.25, -0.2) is 4.39 Å². The predicted octanol–water partition coefficient (Wildman–Crippen LogP) is 5.29. The van der Waals surface area contributed by atoms with Crippen LogP contribution in [-0.2, 0) is 4.79 Å². The Morgan fingerprint density at radius 2 is 1.88 bits per heavy atom. The molecule has 0 spiro atoms. The number of benzene rings is 1. The number of carbonyl (C=O) groups excluding carboxylic acids is 1. The van der Waals surface area contributed by atoms with Crippen LogP contribution in [-0.4, -0.2) is 53.9 Å². The summed E-state index contributed by atoms with van der Waals surface area (Å²) in [7, 11) is 0. The van der Waals surface area contributed by atoms with Crippen molar-refractivity contribution in [3.63, 3.8) is 0 Å². The third-order valence-electron chi connectivity index (χ3n) is 8.47. The molecule has 3 atom stereocenters. The van der Waals surface area contributed by atoms with Gasteiger partial charge in [0.15, 0.2) is 0 Å². The summed E-state index contributed by atoms with van der Waals surface area (Å²) in [4.78, 5) is 17.3. The first-order chi connectivity index (χ1) is 16.1. The maximum Gasteiger partial charge on any atom is 0.401 e. The molecule has 9 heteroatoms. The monoisotopic (exact) mass is 479 g/mol. The molecule has 5 fully saturated rings. The highest BCUT2D eigenvalue weighted by atomic mass is 19.4. The van der Waals surface area contributed by atoms with Crippen LogP contribution in [0.3, 0.4) is 0 Å². The number of anilines is 1. The van der Waals surface area contributed by atoms with Crippen molar-refractivity contribution in [1.29, 1.82) is 0 Å². The Bertz CT molecular complexity index is 1080. The zero-order valence-electron chi connectivity index (χ0n) is 18.9. The molecule has 5 nitrogen and oxygen atoms in total. The first-order valence-corrected chi connectivity index (χ1v) is 12.1. The van der Waals surface area contributed by atoms with Gasteiger partial charge in [0.25, 0.3) is 0 Å².